The maximum atomic E-state index is 12.9. The van der Waals surface area contributed by atoms with Crippen LogP contribution in [0.1, 0.15) is 17.7 Å². The lowest BCUT2D eigenvalue weighted by molar-refractivity contribution is 0.151. The Labute approximate surface area is 153 Å². The second-order valence-electron chi connectivity index (χ2n) is 6.11. The number of rotatable bonds is 4. The zero-order chi connectivity index (χ0) is 19.0. The van der Waals surface area contributed by atoms with Gasteiger partial charge in [-0.05, 0) is 37.3 Å². The van der Waals surface area contributed by atoms with Crippen molar-refractivity contribution in [3.05, 3.63) is 66.1 Å². The number of nitrogen functional groups attached to an aromatic ring is 1. The number of halogens is 2. The Morgan fingerprint density at radius 3 is 2.67 bits per heavy atom. The van der Waals surface area contributed by atoms with Crippen molar-refractivity contribution < 1.29 is 13.2 Å². The van der Waals surface area contributed by atoms with Crippen LogP contribution in [-0.4, -0.2) is 9.97 Å². The van der Waals surface area contributed by atoms with Crippen molar-refractivity contribution in [2.45, 2.75) is 13.3 Å². The van der Waals surface area contributed by atoms with Crippen LogP contribution in [0.25, 0.3) is 22.2 Å². The van der Waals surface area contributed by atoms with Gasteiger partial charge in [-0.2, -0.15) is 0 Å². The van der Waals surface area contributed by atoms with E-state index >= 15 is 0 Å². The summed E-state index contributed by atoms with van der Waals surface area (Å²) in [5.41, 5.74) is 9.88. The average Bonchev–Trinajstić information content (AvgIpc) is 2.97. The summed E-state index contributed by atoms with van der Waals surface area (Å²) in [7, 11) is 0. The van der Waals surface area contributed by atoms with Gasteiger partial charge in [-0.3, -0.25) is 9.97 Å². The Hall–Kier alpha value is -3.48. The third kappa shape index (κ3) is 3.19. The molecule has 27 heavy (non-hydrogen) atoms. The summed E-state index contributed by atoms with van der Waals surface area (Å²) in [4.78, 5) is 8.60. The van der Waals surface area contributed by atoms with Gasteiger partial charge in [-0.25, -0.2) is 8.78 Å². The number of anilines is 3. The van der Waals surface area contributed by atoms with E-state index in [4.69, 9.17) is 10.2 Å². The molecule has 0 aliphatic rings. The van der Waals surface area contributed by atoms with E-state index in [-0.39, 0.29) is 11.4 Å². The van der Waals surface area contributed by atoms with E-state index in [1.165, 1.54) is 12.1 Å². The van der Waals surface area contributed by atoms with Gasteiger partial charge in [0.05, 0.1) is 5.39 Å². The normalized spacial score (nSPS) is 11.3. The van der Waals surface area contributed by atoms with Crippen molar-refractivity contribution >= 4 is 28.2 Å². The number of nitrogens with one attached hydrogen (secondary N) is 1. The molecule has 3 aromatic heterocycles. The molecule has 0 spiro atoms. The second-order valence-corrected chi connectivity index (χ2v) is 6.11. The maximum Gasteiger partial charge on any atom is 0.263 e. The molecule has 0 atom stereocenters. The predicted octanol–water partition coefficient (Wildman–Crippen LogP) is 5.46. The van der Waals surface area contributed by atoms with Gasteiger partial charge in [0.25, 0.3) is 6.43 Å². The van der Waals surface area contributed by atoms with E-state index in [1.54, 1.807) is 30.6 Å². The maximum absolute atomic E-state index is 12.9. The quantitative estimate of drug-likeness (QED) is 0.501. The SMILES string of the molecule is Cc1cc(-c2nccc3c(Nc4cccc(C(F)F)c4)c(N)oc23)ccn1. The molecule has 0 unspecified atom stereocenters. The van der Waals surface area contributed by atoms with Crippen LogP contribution in [0.2, 0.25) is 0 Å². The number of pyridine rings is 2. The van der Waals surface area contributed by atoms with Crippen LogP contribution in [0.15, 0.2) is 59.3 Å². The van der Waals surface area contributed by atoms with Crippen molar-refractivity contribution in [1.82, 2.24) is 9.97 Å². The number of nitrogens with zero attached hydrogens (tertiary/aromatic N) is 2. The third-order valence-corrected chi connectivity index (χ3v) is 4.21. The Bertz CT molecular complexity index is 1120. The van der Waals surface area contributed by atoms with Crippen LogP contribution in [0.3, 0.4) is 0 Å². The van der Waals surface area contributed by atoms with Crippen LogP contribution < -0.4 is 11.1 Å². The molecule has 136 valence electrons. The fourth-order valence-electron chi connectivity index (χ4n) is 2.97. The first-order valence-corrected chi connectivity index (χ1v) is 8.28. The molecule has 3 heterocycles. The van der Waals surface area contributed by atoms with Gasteiger partial charge in [-0.1, -0.05) is 12.1 Å². The minimum Gasteiger partial charge on any atom is -0.436 e. The molecule has 0 aliphatic carbocycles. The minimum absolute atomic E-state index is 0.0685. The van der Waals surface area contributed by atoms with Gasteiger partial charge in [-0.15, -0.1) is 0 Å². The number of hydrogen-bond donors (Lipinski definition) is 2. The van der Waals surface area contributed by atoms with Crippen LogP contribution in [0.5, 0.6) is 0 Å². The van der Waals surface area contributed by atoms with Crippen molar-refractivity contribution in [2.24, 2.45) is 0 Å². The van der Waals surface area contributed by atoms with E-state index in [0.717, 1.165) is 16.6 Å². The van der Waals surface area contributed by atoms with Crippen molar-refractivity contribution in [3.8, 4) is 11.3 Å². The summed E-state index contributed by atoms with van der Waals surface area (Å²) < 4.78 is 31.7. The molecule has 0 aliphatic heterocycles. The van der Waals surface area contributed by atoms with Crippen molar-refractivity contribution in [1.29, 1.82) is 0 Å². The topological polar surface area (TPSA) is 77.0 Å². The number of hydrogen-bond acceptors (Lipinski definition) is 5. The molecule has 1 aromatic carbocycles. The summed E-state index contributed by atoms with van der Waals surface area (Å²) in [5, 5.41) is 3.81. The number of furan rings is 1. The van der Waals surface area contributed by atoms with Gasteiger partial charge >= 0.3 is 0 Å². The van der Waals surface area contributed by atoms with E-state index in [2.05, 4.69) is 15.3 Å². The van der Waals surface area contributed by atoms with Gasteiger partial charge in [0, 0.05) is 34.9 Å². The Kier molecular flexibility index (Phi) is 4.19. The molecule has 3 N–H and O–H groups in total. The molecular weight excluding hydrogens is 350 g/mol. The zero-order valence-corrected chi connectivity index (χ0v) is 14.4. The lowest BCUT2D eigenvalue weighted by atomic mass is 10.1. The summed E-state index contributed by atoms with van der Waals surface area (Å²) >= 11 is 0. The monoisotopic (exact) mass is 366 g/mol. The van der Waals surface area contributed by atoms with Gasteiger partial charge < -0.3 is 15.5 Å². The first-order valence-electron chi connectivity index (χ1n) is 8.28. The third-order valence-electron chi connectivity index (χ3n) is 4.21. The first-order chi connectivity index (χ1) is 13.0. The average molecular weight is 366 g/mol. The van der Waals surface area contributed by atoms with Crippen molar-refractivity contribution in [3.63, 3.8) is 0 Å². The molecule has 4 aromatic rings. The van der Waals surface area contributed by atoms with E-state index < -0.39 is 6.43 Å². The van der Waals surface area contributed by atoms with Crippen LogP contribution in [0.4, 0.5) is 26.0 Å². The molecule has 0 fully saturated rings. The van der Waals surface area contributed by atoms with Crippen LogP contribution >= 0.6 is 0 Å². The zero-order valence-electron chi connectivity index (χ0n) is 14.4. The summed E-state index contributed by atoms with van der Waals surface area (Å²) in [6.45, 7) is 1.89. The highest BCUT2D eigenvalue weighted by atomic mass is 19.3. The molecule has 4 rings (SSSR count). The fraction of sp³-hybridized carbons (Fsp3) is 0.100. The lowest BCUT2D eigenvalue weighted by Crippen LogP contribution is -1.95. The molecule has 0 saturated carbocycles. The van der Waals surface area contributed by atoms with Gasteiger partial charge in [0.2, 0.25) is 5.88 Å². The molecular formula is C20H16F2N4O. The Balaban J connectivity index is 1.80. The van der Waals surface area contributed by atoms with Gasteiger partial charge in [0.15, 0.2) is 5.58 Å². The lowest BCUT2D eigenvalue weighted by Gasteiger charge is -2.08. The highest BCUT2D eigenvalue weighted by Gasteiger charge is 2.17. The number of aryl methyl sites for hydroxylation is 1. The fourth-order valence-corrected chi connectivity index (χ4v) is 2.97. The molecule has 0 saturated heterocycles. The predicted molar refractivity (Wildman–Crippen MR) is 101 cm³/mol. The standard InChI is InChI=1S/C20H16F2N4O/c1-11-9-12(5-7-24-11)16-18-15(6-8-25-16)17(20(23)27-18)26-14-4-2-3-13(10-14)19(21)22/h2-10,19,26H,23H2,1H3. The largest absolute Gasteiger partial charge is 0.436 e. The molecule has 0 bridgehead atoms. The van der Waals surface area contributed by atoms with Crippen LogP contribution in [-0.2, 0) is 0 Å². The second kappa shape index (κ2) is 6.68. The molecule has 0 amide bonds. The van der Waals surface area contributed by atoms with E-state index in [9.17, 15) is 8.78 Å². The molecule has 5 nitrogen and oxygen atoms in total. The Morgan fingerprint density at radius 2 is 1.89 bits per heavy atom. The summed E-state index contributed by atoms with van der Waals surface area (Å²) in [5.74, 6) is 0.160. The van der Waals surface area contributed by atoms with Gasteiger partial charge in [0.1, 0.15) is 11.4 Å². The number of alkyl halides is 2. The molecule has 0 radical (unpaired) electrons. The number of nitrogens with two attached hydrogens (primary N) is 1. The summed E-state index contributed by atoms with van der Waals surface area (Å²) in [6, 6.07) is 11.5. The highest BCUT2D eigenvalue weighted by molar-refractivity contribution is 6.03. The van der Waals surface area contributed by atoms with Crippen molar-refractivity contribution in [2.75, 3.05) is 11.1 Å². The minimum atomic E-state index is -2.55. The van der Waals surface area contributed by atoms with E-state index in [0.29, 0.717) is 22.7 Å². The Morgan fingerprint density at radius 1 is 1.07 bits per heavy atom. The smallest absolute Gasteiger partial charge is 0.263 e. The molecule has 7 heteroatoms. The first kappa shape index (κ1) is 17.0. The van der Waals surface area contributed by atoms with E-state index in [1.807, 2.05) is 19.1 Å². The highest BCUT2D eigenvalue weighted by Crippen LogP contribution is 2.39. The summed E-state index contributed by atoms with van der Waals surface area (Å²) in [6.07, 6.45) is 0.811. The number of fused-ring (bicyclic) bond motifs is 1. The number of benzene rings is 1. The van der Waals surface area contributed by atoms with Crippen LogP contribution in [0, 0.1) is 6.92 Å². The number of aromatic nitrogens is 2.